The molecule has 20 heavy (non-hydrogen) atoms. The Balaban J connectivity index is 0.00000361. The van der Waals surface area contributed by atoms with Gasteiger partial charge in [0, 0.05) is 12.2 Å². The van der Waals surface area contributed by atoms with Crippen LogP contribution in [0.4, 0.5) is 5.69 Å². The highest BCUT2D eigenvalue weighted by molar-refractivity contribution is 5.85. The fraction of sp³-hybridized carbons (Fsp3) is 0.429. The van der Waals surface area contributed by atoms with Crippen LogP contribution in [0.2, 0.25) is 0 Å². The summed E-state index contributed by atoms with van der Waals surface area (Å²) in [4.78, 5) is 23.1. The third kappa shape index (κ3) is 6.43. The molecule has 0 aliphatic heterocycles. The molecule has 1 aromatic rings. The van der Waals surface area contributed by atoms with Crippen LogP contribution in [0.15, 0.2) is 24.3 Å². The van der Waals surface area contributed by atoms with Gasteiger partial charge in [-0.3, -0.25) is 9.59 Å². The van der Waals surface area contributed by atoms with E-state index in [1.165, 1.54) is 0 Å². The number of halogens is 1. The van der Waals surface area contributed by atoms with Gasteiger partial charge < -0.3 is 15.8 Å². The lowest BCUT2D eigenvalue weighted by Gasteiger charge is -2.11. The van der Waals surface area contributed by atoms with E-state index in [0.717, 1.165) is 5.56 Å². The van der Waals surface area contributed by atoms with Crippen LogP contribution in [0, 0.1) is 5.92 Å². The molecule has 1 atom stereocenters. The maximum absolute atomic E-state index is 11.7. The van der Waals surface area contributed by atoms with Crippen molar-refractivity contribution in [2.45, 2.75) is 20.3 Å². The first-order valence-corrected chi connectivity index (χ1v) is 6.30. The number of amides is 1. The molecule has 6 heteroatoms. The summed E-state index contributed by atoms with van der Waals surface area (Å²) in [7, 11) is 0. The summed E-state index contributed by atoms with van der Waals surface area (Å²) in [5.41, 5.74) is 7.12. The van der Waals surface area contributed by atoms with E-state index in [4.69, 9.17) is 10.5 Å². The smallest absolute Gasteiger partial charge is 0.310 e. The molecule has 1 aromatic carbocycles. The SMILES string of the molecule is CCOC(=O)C(C)CNC(=O)Cc1ccc(N)cc1.Cl. The van der Waals surface area contributed by atoms with Gasteiger partial charge >= 0.3 is 5.97 Å². The Kier molecular flexibility index (Phi) is 8.40. The van der Waals surface area contributed by atoms with Crippen LogP contribution in [0.3, 0.4) is 0 Å². The van der Waals surface area contributed by atoms with Gasteiger partial charge in [-0.1, -0.05) is 19.1 Å². The molecule has 0 spiro atoms. The molecule has 0 saturated heterocycles. The summed E-state index contributed by atoms with van der Waals surface area (Å²) in [5, 5.41) is 2.71. The number of carbonyl (C=O) groups is 2. The number of nitrogens with one attached hydrogen (secondary N) is 1. The lowest BCUT2D eigenvalue weighted by molar-refractivity contribution is -0.147. The van der Waals surface area contributed by atoms with Crippen LogP contribution in [-0.2, 0) is 20.7 Å². The van der Waals surface area contributed by atoms with Crippen molar-refractivity contribution in [1.82, 2.24) is 5.32 Å². The maximum atomic E-state index is 11.7. The monoisotopic (exact) mass is 300 g/mol. The number of hydrogen-bond donors (Lipinski definition) is 2. The van der Waals surface area contributed by atoms with Crippen molar-refractivity contribution in [3.05, 3.63) is 29.8 Å². The van der Waals surface area contributed by atoms with Crippen molar-refractivity contribution in [3.63, 3.8) is 0 Å². The minimum atomic E-state index is -0.338. The largest absolute Gasteiger partial charge is 0.466 e. The summed E-state index contributed by atoms with van der Waals surface area (Å²) in [6.45, 7) is 4.11. The number of esters is 1. The number of carbonyl (C=O) groups excluding carboxylic acids is 2. The zero-order valence-electron chi connectivity index (χ0n) is 11.7. The molecule has 3 N–H and O–H groups in total. The quantitative estimate of drug-likeness (QED) is 0.617. The lowest BCUT2D eigenvalue weighted by atomic mass is 10.1. The van der Waals surface area contributed by atoms with Crippen LogP contribution in [-0.4, -0.2) is 25.0 Å². The standard InChI is InChI=1S/C14H20N2O3.ClH/c1-3-19-14(18)10(2)9-16-13(17)8-11-4-6-12(15)7-5-11;/h4-7,10H,3,8-9,15H2,1-2H3,(H,16,17);1H. The van der Waals surface area contributed by atoms with Gasteiger partial charge in [-0.05, 0) is 24.6 Å². The minimum Gasteiger partial charge on any atom is -0.466 e. The molecule has 0 radical (unpaired) electrons. The number of nitrogen functional groups attached to an aromatic ring is 1. The Labute approximate surface area is 125 Å². The highest BCUT2D eigenvalue weighted by atomic mass is 35.5. The second-order valence-electron chi connectivity index (χ2n) is 4.38. The van der Waals surface area contributed by atoms with Gasteiger partial charge in [0.25, 0.3) is 0 Å². The van der Waals surface area contributed by atoms with Crippen LogP contribution in [0.1, 0.15) is 19.4 Å². The third-order valence-corrected chi connectivity index (χ3v) is 2.64. The van der Waals surface area contributed by atoms with Gasteiger partial charge in [0.2, 0.25) is 5.91 Å². The van der Waals surface area contributed by atoms with E-state index in [0.29, 0.717) is 12.3 Å². The second kappa shape index (κ2) is 9.20. The number of rotatable bonds is 6. The molecule has 5 nitrogen and oxygen atoms in total. The summed E-state index contributed by atoms with van der Waals surface area (Å²) in [6, 6.07) is 7.13. The normalized spacial score (nSPS) is 11.1. The first-order chi connectivity index (χ1) is 9.02. The van der Waals surface area contributed by atoms with E-state index < -0.39 is 0 Å². The van der Waals surface area contributed by atoms with Gasteiger partial charge in [-0.15, -0.1) is 12.4 Å². The highest BCUT2D eigenvalue weighted by Gasteiger charge is 2.14. The van der Waals surface area contributed by atoms with Gasteiger partial charge in [0.15, 0.2) is 0 Å². The molecule has 1 unspecified atom stereocenters. The molecular weight excluding hydrogens is 280 g/mol. The van der Waals surface area contributed by atoms with E-state index in [9.17, 15) is 9.59 Å². The first-order valence-electron chi connectivity index (χ1n) is 6.30. The van der Waals surface area contributed by atoms with Gasteiger partial charge in [0.05, 0.1) is 18.9 Å². The summed E-state index contributed by atoms with van der Waals surface area (Å²) >= 11 is 0. The van der Waals surface area contributed by atoms with E-state index in [2.05, 4.69) is 5.32 Å². The van der Waals surface area contributed by atoms with E-state index in [1.807, 2.05) is 12.1 Å². The van der Waals surface area contributed by atoms with Crippen LogP contribution in [0.5, 0.6) is 0 Å². The summed E-state index contributed by atoms with van der Waals surface area (Å²) in [5.74, 6) is -0.758. The van der Waals surface area contributed by atoms with Crippen molar-refractivity contribution in [3.8, 4) is 0 Å². The zero-order chi connectivity index (χ0) is 14.3. The number of hydrogen-bond acceptors (Lipinski definition) is 4. The molecular formula is C14H21ClN2O3. The Morgan fingerprint density at radius 2 is 1.90 bits per heavy atom. The number of ether oxygens (including phenoxy) is 1. The van der Waals surface area contributed by atoms with Crippen LogP contribution < -0.4 is 11.1 Å². The number of anilines is 1. The molecule has 0 saturated carbocycles. The molecule has 112 valence electrons. The Hall–Kier alpha value is -1.75. The fourth-order valence-electron chi connectivity index (χ4n) is 1.52. The maximum Gasteiger partial charge on any atom is 0.310 e. The molecule has 1 rings (SSSR count). The van der Waals surface area contributed by atoms with Crippen LogP contribution in [0.25, 0.3) is 0 Å². The molecule has 0 aliphatic rings. The fourth-order valence-corrected chi connectivity index (χ4v) is 1.52. The van der Waals surface area contributed by atoms with Crippen molar-refractivity contribution >= 4 is 30.0 Å². The lowest BCUT2D eigenvalue weighted by Crippen LogP contribution is -2.33. The topological polar surface area (TPSA) is 81.4 Å². The van der Waals surface area contributed by atoms with Gasteiger partial charge in [-0.2, -0.15) is 0 Å². The molecule has 0 aliphatic carbocycles. The second-order valence-corrected chi connectivity index (χ2v) is 4.38. The van der Waals surface area contributed by atoms with E-state index in [-0.39, 0.29) is 43.2 Å². The minimum absolute atomic E-state index is 0. The average molecular weight is 301 g/mol. The Morgan fingerprint density at radius 1 is 1.30 bits per heavy atom. The predicted octanol–water partition coefficient (Wildman–Crippen LogP) is 1.55. The zero-order valence-corrected chi connectivity index (χ0v) is 12.5. The molecule has 1 amide bonds. The van der Waals surface area contributed by atoms with E-state index in [1.54, 1.807) is 26.0 Å². The third-order valence-electron chi connectivity index (χ3n) is 2.64. The van der Waals surface area contributed by atoms with E-state index >= 15 is 0 Å². The molecule has 0 bridgehead atoms. The molecule has 0 heterocycles. The van der Waals surface area contributed by atoms with Gasteiger partial charge in [0.1, 0.15) is 0 Å². The summed E-state index contributed by atoms with van der Waals surface area (Å²) in [6.07, 6.45) is 0.274. The number of nitrogens with two attached hydrogens (primary N) is 1. The Morgan fingerprint density at radius 3 is 2.45 bits per heavy atom. The van der Waals surface area contributed by atoms with Crippen LogP contribution >= 0.6 is 12.4 Å². The molecule has 0 aromatic heterocycles. The Bertz CT molecular complexity index is 435. The average Bonchev–Trinajstić information content (AvgIpc) is 2.39. The molecule has 0 fully saturated rings. The predicted molar refractivity (Wildman–Crippen MR) is 80.6 cm³/mol. The highest BCUT2D eigenvalue weighted by Crippen LogP contribution is 2.06. The number of benzene rings is 1. The van der Waals surface area contributed by atoms with Crippen molar-refractivity contribution < 1.29 is 14.3 Å². The van der Waals surface area contributed by atoms with Crippen molar-refractivity contribution in [1.29, 1.82) is 0 Å². The van der Waals surface area contributed by atoms with Gasteiger partial charge in [-0.25, -0.2) is 0 Å². The van der Waals surface area contributed by atoms with Crippen molar-refractivity contribution in [2.75, 3.05) is 18.9 Å². The first kappa shape index (κ1) is 18.2. The summed E-state index contributed by atoms with van der Waals surface area (Å²) < 4.78 is 4.86. The van der Waals surface area contributed by atoms with Crippen molar-refractivity contribution in [2.24, 2.45) is 5.92 Å².